The van der Waals surface area contributed by atoms with Gasteiger partial charge in [0.05, 0.1) is 6.61 Å². The summed E-state index contributed by atoms with van der Waals surface area (Å²) in [7, 11) is 1.65. The van der Waals surface area contributed by atoms with Gasteiger partial charge in [-0.15, -0.1) is 0 Å². The summed E-state index contributed by atoms with van der Waals surface area (Å²) < 4.78 is 10.0. The third-order valence-corrected chi connectivity index (χ3v) is 2.03. The fourth-order valence-corrected chi connectivity index (χ4v) is 1.14. The summed E-state index contributed by atoms with van der Waals surface area (Å²) in [6.45, 7) is 3.28. The van der Waals surface area contributed by atoms with Crippen LogP contribution in [0.1, 0.15) is 31.0 Å². The minimum atomic E-state index is 0.240. The van der Waals surface area contributed by atoms with E-state index in [4.69, 9.17) is 15.0 Å². The molecule has 1 heterocycles. The van der Waals surface area contributed by atoms with Gasteiger partial charge < -0.3 is 15.0 Å². The van der Waals surface area contributed by atoms with Gasteiger partial charge in [-0.3, -0.25) is 0 Å². The number of nitrogens with zero attached hydrogens (tertiary/aromatic N) is 2. The van der Waals surface area contributed by atoms with Crippen LogP contribution in [0.5, 0.6) is 0 Å². The van der Waals surface area contributed by atoms with Gasteiger partial charge in [-0.1, -0.05) is 12.1 Å². The van der Waals surface area contributed by atoms with Crippen molar-refractivity contribution in [3.63, 3.8) is 0 Å². The number of rotatable bonds is 6. The van der Waals surface area contributed by atoms with Crippen molar-refractivity contribution < 1.29 is 9.26 Å². The van der Waals surface area contributed by atoms with Crippen molar-refractivity contribution in [1.82, 2.24) is 10.1 Å². The maximum absolute atomic E-state index is 5.44. The van der Waals surface area contributed by atoms with Crippen LogP contribution >= 0.6 is 0 Å². The van der Waals surface area contributed by atoms with Gasteiger partial charge >= 0.3 is 0 Å². The Morgan fingerprint density at radius 2 is 2.36 bits per heavy atom. The molecule has 0 fully saturated rings. The highest BCUT2D eigenvalue weighted by molar-refractivity contribution is 4.92. The highest BCUT2D eigenvalue weighted by Crippen LogP contribution is 2.15. The van der Waals surface area contributed by atoms with E-state index in [0.717, 1.165) is 6.42 Å². The molecule has 0 saturated carbocycles. The lowest BCUT2D eigenvalue weighted by molar-refractivity contribution is 0.199. The summed E-state index contributed by atoms with van der Waals surface area (Å²) in [6.07, 6.45) is 1.56. The van der Waals surface area contributed by atoms with Crippen molar-refractivity contribution in [1.29, 1.82) is 0 Å². The summed E-state index contributed by atoms with van der Waals surface area (Å²) in [5.74, 6) is 1.61. The zero-order valence-electron chi connectivity index (χ0n) is 8.69. The minimum absolute atomic E-state index is 0.240. The van der Waals surface area contributed by atoms with Crippen molar-refractivity contribution in [3.8, 4) is 0 Å². The molecular formula is C9H17N3O2. The molecule has 0 aromatic carbocycles. The highest BCUT2D eigenvalue weighted by Gasteiger charge is 2.12. The van der Waals surface area contributed by atoms with Gasteiger partial charge in [0.1, 0.15) is 0 Å². The number of aromatic nitrogens is 2. The smallest absolute Gasteiger partial charge is 0.229 e. The van der Waals surface area contributed by atoms with Crippen molar-refractivity contribution in [2.24, 2.45) is 5.73 Å². The lowest BCUT2D eigenvalue weighted by Gasteiger charge is -2.01. The first-order valence-electron chi connectivity index (χ1n) is 4.79. The van der Waals surface area contributed by atoms with E-state index in [2.05, 4.69) is 10.1 Å². The van der Waals surface area contributed by atoms with Gasteiger partial charge in [-0.2, -0.15) is 4.98 Å². The van der Waals surface area contributed by atoms with E-state index in [-0.39, 0.29) is 5.92 Å². The molecule has 1 aromatic heterocycles. The number of hydrogen-bond donors (Lipinski definition) is 1. The van der Waals surface area contributed by atoms with Crippen LogP contribution in [0.4, 0.5) is 0 Å². The standard InChI is InChI=1S/C9H17N3O2/c1-7(3-5-10)9-11-8(12-14-9)4-6-13-2/h7H,3-6,10H2,1-2H3. The van der Waals surface area contributed by atoms with Crippen LogP contribution in [0.15, 0.2) is 4.52 Å². The molecule has 0 amide bonds. The first-order chi connectivity index (χ1) is 6.77. The molecule has 0 saturated heterocycles. The fourth-order valence-electron chi connectivity index (χ4n) is 1.14. The molecule has 0 aliphatic carbocycles. The predicted molar refractivity (Wildman–Crippen MR) is 52.0 cm³/mol. The van der Waals surface area contributed by atoms with Gasteiger partial charge in [0.2, 0.25) is 5.89 Å². The molecule has 0 spiro atoms. The first-order valence-corrected chi connectivity index (χ1v) is 4.79. The maximum Gasteiger partial charge on any atom is 0.229 e. The van der Waals surface area contributed by atoms with Crippen LogP contribution in [0, 0.1) is 0 Å². The van der Waals surface area contributed by atoms with Gasteiger partial charge in [-0.25, -0.2) is 0 Å². The second-order valence-electron chi connectivity index (χ2n) is 3.27. The van der Waals surface area contributed by atoms with Crippen LogP contribution in [0.25, 0.3) is 0 Å². The van der Waals surface area contributed by atoms with E-state index in [1.807, 2.05) is 6.92 Å². The Morgan fingerprint density at radius 1 is 1.57 bits per heavy atom. The number of nitrogens with two attached hydrogens (primary N) is 1. The second kappa shape index (κ2) is 5.72. The van der Waals surface area contributed by atoms with Crippen molar-refractivity contribution in [3.05, 3.63) is 11.7 Å². The molecule has 1 aromatic rings. The second-order valence-corrected chi connectivity index (χ2v) is 3.27. The molecule has 80 valence electrons. The lowest BCUT2D eigenvalue weighted by atomic mass is 10.1. The Bertz CT molecular complexity index is 262. The van der Waals surface area contributed by atoms with E-state index in [0.29, 0.717) is 31.3 Å². The Hall–Kier alpha value is -0.940. The quantitative estimate of drug-likeness (QED) is 0.730. The number of methoxy groups -OCH3 is 1. The summed E-state index contributed by atoms with van der Waals surface area (Å²) >= 11 is 0. The van der Waals surface area contributed by atoms with Crippen LogP contribution in [0.2, 0.25) is 0 Å². The molecular weight excluding hydrogens is 182 g/mol. The molecule has 5 heteroatoms. The highest BCUT2D eigenvalue weighted by atomic mass is 16.5. The predicted octanol–water partition coefficient (Wildman–Crippen LogP) is 0.711. The summed E-state index contributed by atoms with van der Waals surface area (Å²) in [6, 6.07) is 0. The van der Waals surface area contributed by atoms with Gasteiger partial charge in [-0.05, 0) is 13.0 Å². The van der Waals surface area contributed by atoms with Gasteiger partial charge in [0.15, 0.2) is 5.82 Å². The average Bonchev–Trinajstić information content (AvgIpc) is 2.63. The number of hydrogen-bond acceptors (Lipinski definition) is 5. The van der Waals surface area contributed by atoms with E-state index in [1.165, 1.54) is 0 Å². The average molecular weight is 199 g/mol. The fraction of sp³-hybridized carbons (Fsp3) is 0.778. The Morgan fingerprint density at radius 3 is 3.00 bits per heavy atom. The minimum Gasteiger partial charge on any atom is -0.384 e. The van der Waals surface area contributed by atoms with E-state index < -0.39 is 0 Å². The van der Waals surface area contributed by atoms with E-state index >= 15 is 0 Å². The molecule has 0 radical (unpaired) electrons. The maximum atomic E-state index is 5.44. The first kappa shape index (κ1) is 11.1. The van der Waals surface area contributed by atoms with Gasteiger partial charge in [0.25, 0.3) is 0 Å². The molecule has 2 N–H and O–H groups in total. The van der Waals surface area contributed by atoms with Crippen LogP contribution in [0.3, 0.4) is 0 Å². The molecule has 14 heavy (non-hydrogen) atoms. The molecule has 1 unspecified atom stereocenters. The van der Waals surface area contributed by atoms with Crippen LogP contribution in [-0.4, -0.2) is 30.4 Å². The molecule has 0 aliphatic rings. The van der Waals surface area contributed by atoms with E-state index in [9.17, 15) is 0 Å². The monoisotopic (exact) mass is 199 g/mol. The third kappa shape index (κ3) is 3.08. The Kier molecular flexibility index (Phi) is 4.55. The molecule has 1 atom stereocenters. The summed E-state index contributed by atoms with van der Waals surface area (Å²) in [5, 5.41) is 3.85. The topological polar surface area (TPSA) is 74.2 Å². The van der Waals surface area contributed by atoms with E-state index in [1.54, 1.807) is 7.11 Å². The normalized spacial score (nSPS) is 13.1. The Labute approximate surface area is 83.6 Å². The molecule has 0 aliphatic heterocycles. The summed E-state index contributed by atoms with van der Waals surface area (Å²) in [4.78, 5) is 4.25. The van der Waals surface area contributed by atoms with Crippen molar-refractivity contribution in [2.45, 2.75) is 25.7 Å². The molecule has 5 nitrogen and oxygen atoms in total. The largest absolute Gasteiger partial charge is 0.384 e. The third-order valence-electron chi connectivity index (χ3n) is 2.03. The molecule has 1 rings (SSSR count). The van der Waals surface area contributed by atoms with Crippen molar-refractivity contribution >= 4 is 0 Å². The van der Waals surface area contributed by atoms with Crippen molar-refractivity contribution in [2.75, 3.05) is 20.3 Å². The lowest BCUT2D eigenvalue weighted by Crippen LogP contribution is -2.05. The zero-order valence-corrected chi connectivity index (χ0v) is 8.69. The number of ether oxygens (including phenoxy) is 1. The zero-order chi connectivity index (χ0) is 10.4. The SMILES string of the molecule is COCCc1noc(C(C)CCN)n1. The van der Waals surface area contributed by atoms with Crippen LogP contribution in [-0.2, 0) is 11.2 Å². The van der Waals surface area contributed by atoms with Crippen LogP contribution < -0.4 is 5.73 Å². The molecule has 0 bridgehead atoms. The van der Waals surface area contributed by atoms with Gasteiger partial charge in [0, 0.05) is 19.4 Å². The Balaban J connectivity index is 2.49. The summed E-state index contributed by atoms with van der Waals surface area (Å²) in [5.41, 5.74) is 5.44.